The van der Waals surface area contributed by atoms with E-state index in [0.717, 1.165) is 30.0 Å². The number of nitrogen functional groups attached to an aromatic ring is 1. The largest absolute Gasteiger partial charge is 0.394 e. The standard InChI is InChI=1S/C14H28N4/c1-5-7-8-10-11(3)16-14-13(15)12(9-6-2)17-18(14)4/h11,16H,5-10,15H2,1-4H3. The first kappa shape index (κ1) is 14.9. The van der Waals surface area contributed by atoms with Crippen LogP contribution in [0.4, 0.5) is 11.5 Å². The Balaban J connectivity index is 2.60. The number of hydrogen-bond acceptors (Lipinski definition) is 3. The highest BCUT2D eigenvalue weighted by atomic mass is 15.3. The van der Waals surface area contributed by atoms with Crippen molar-refractivity contribution in [2.75, 3.05) is 11.1 Å². The highest BCUT2D eigenvalue weighted by molar-refractivity contribution is 5.65. The average Bonchev–Trinajstić information content (AvgIpc) is 2.58. The first-order valence-corrected chi connectivity index (χ1v) is 7.18. The molecule has 0 aromatic carbocycles. The van der Waals surface area contributed by atoms with Gasteiger partial charge in [-0.15, -0.1) is 0 Å². The first-order valence-electron chi connectivity index (χ1n) is 7.18. The van der Waals surface area contributed by atoms with E-state index in [-0.39, 0.29) is 0 Å². The maximum atomic E-state index is 6.15. The van der Waals surface area contributed by atoms with Gasteiger partial charge in [0.1, 0.15) is 5.82 Å². The molecule has 18 heavy (non-hydrogen) atoms. The maximum Gasteiger partial charge on any atom is 0.147 e. The maximum absolute atomic E-state index is 6.15. The summed E-state index contributed by atoms with van der Waals surface area (Å²) in [4.78, 5) is 0. The van der Waals surface area contributed by atoms with Crippen LogP contribution >= 0.6 is 0 Å². The predicted octanol–water partition coefficient (Wildman–Crippen LogP) is 3.34. The topological polar surface area (TPSA) is 55.9 Å². The van der Waals surface area contributed by atoms with E-state index in [9.17, 15) is 0 Å². The molecular formula is C14H28N4. The van der Waals surface area contributed by atoms with Gasteiger partial charge in [0.2, 0.25) is 0 Å². The molecule has 0 bridgehead atoms. The van der Waals surface area contributed by atoms with Crippen LogP contribution in [0, 0.1) is 0 Å². The molecule has 0 aliphatic rings. The van der Waals surface area contributed by atoms with Gasteiger partial charge in [-0.25, -0.2) is 0 Å². The number of nitrogens with two attached hydrogens (primary N) is 1. The van der Waals surface area contributed by atoms with E-state index in [0.29, 0.717) is 6.04 Å². The van der Waals surface area contributed by atoms with Crippen molar-refractivity contribution in [1.82, 2.24) is 9.78 Å². The quantitative estimate of drug-likeness (QED) is 0.698. The minimum absolute atomic E-state index is 0.448. The molecule has 0 fully saturated rings. The van der Waals surface area contributed by atoms with Crippen molar-refractivity contribution in [3.63, 3.8) is 0 Å². The van der Waals surface area contributed by atoms with Crippen molar-refractivity contribution in [2.45, 2.75) is 65.3 Å². The van der Waals surface area contributed by atoms with Crippen molar-refractivity contribution in [3.05, 3.63) is 5.69 Å². The fraction of sp³-hybridized carbons (Fsp3) is 0.786. The molecule has 0 amide bonds. The third kappa shape index (κ3) is 3.93. The van der Waals surface area contributed by atoms with Crippen molar-refractivity contribution in [1.29, 1.82) is 0 Å². The Labute approximate surface area is 111 Å². The minimum atomic E-state index is 0.448. The van der Waals surface area contributed by atoms with Crippen LogP contribution in [-0.4, -0.2) is 15.8 Å². The van der Waals surface area contributed by atoms with Crippen molar-refractivity contribution in [2.24, 2.45) is 7.05 Å². The Morgan fingerprint density at radius 2 is 2.00 bits per heavy atom. The lowest BCUT2D eigenvalue weighted by Gasteiger charge is -2.15. The molecule has 1 rings (SSSR count). The summed E-state index contributed by atoms with van der Waals surface area (Å²) in [7, 11) is 1.95. The van der Waals surface area contributed by atoms with Gasteiger partial charge < -0.3 is 11.1 Å². The number of rotatable bonds is 8. The summed E-state index contributed by atoms with van der Waals surface area (Å²) in [6.45, 7) is 6.59. The number of nitrogens with zero attached hydrogens (tertiary/aromatic N) is 2. The van der Waals surface area contributed by atoms with Gasteiger partial charge >= 0.3 is 0 Å². The zero-order chi connectivity index (χ0) is 13.5. The second-order valence-corrected chi connectivity index (χ2v) is 5.12. The van der Waals surface area contributed by atoms with Crippen LogP contribution in [0.3, 0.4) is 0 Å². The molecule has 4 nitrogen and oxygen atoms in total. The third-order valence-electron chi connectivity index (χ3n) is 3.27. The smallest absolute Gasteiger partial charge is 0.147 e. The van der Waals surface area contributed by atoms with Crippen LogP contribution in [0.5, 0.6) is 0 Å². The van der Waals surface area contributed by atoms with Crippen LogP contribution in [-0.2, 0) is 13.5 Å². The SMILES string of the molecule is CCCCCC(C)Nc1c(N)c(CCC)nn1C. The fourth-order valence-electron chi connectivity index (χ4n) is 2.19. The van der Waals surface area contributed by atoms with Crippen LogP contribution in [0.25, 0.3) is 0 Å². The summed E-state index contributed by atoms with van der Waals surface area (Å²) < 4.78 is 1.87. The molecular weight excluding hydrogens is 224 g/mol. The summed E-state index contributed by atoms with van der Waals surface area (Å²) in [5, 5.41) is 7.97. The van der Waals surface area contributed by atoms with Gasteiger partial charge in [0.25, 0.3) is 0 Å². The fourth-order valence-corrected chi connectivity index (χ4v) is 2.19. The lowest BCUT2D eigenvalue weighted by Crippen LogP contribution is -2.18. The van der Waals surface area contributed by atoms with Crippen molar-refractivity contribution >= 4 is 11.5 Å². The normalized spacial score (nSPS) is 12.7. The summed E-state index contributed by atoms with van der Waals surface area (Å²) in [6.07, 6.45) is 7.04. The van der Waals surface area contributed by atoms with Crippen LogP contribution in [0.2, 0.25) is 0 Å². The Hall–Kier alpha value is -1.19. The Bertz CT molecular complexity index is 357. The Kier molecular flexibility index (Phi) is 6.02. The zero-order valence-corrected chi connectivity index (χ0v) is 12.3. The molecule has 1 aromatic heterocycles. The van der Waals surface area contributed by atoms with Crippen LogP contribution in [0.15, 0.2) is 0 Å². The molecule has 4 heteroatoms. The average molecular weight is 252 g/mol. The van der Waals surface area contributed by atoms with Gasteiger partial charge in [0.05, 0.1) is 11.4 Å². The zero-order valence-electron chi connectivity index (χ0n) is 12.3. The minimum Gasteiger partial charge on any atom is -0.394 e. The highest BCUT2D eigenvalue weighted by Gasteiger charge is 2.14. The highest BCUT2D eigenvalue weighted by Crippen LogP contribution is 2.24. The van der Waals surface area contributed by atoms with E-state index < -0.39 is 0 Å². The molecule has 1 atom stereocenters. The molecule has 1 unspecified atom stereocenters. The molecule has 0 saturated heterocycles. The van der Waals surface area contributed by atoms with Gasteiger partial charge in [0.15, 0.2) is 0 Å². The molecule has 0 spiro atoms. The van der Waals surface area contributed by atoms with Gasteiger partial charge in [0, 0.05) is 13.1 Å². The van der Waals surface area contributed by atoms with Crippen molar-refractivity contribution in [3.8, 4) is 0 Å². The lowest BCUT2D eigenvalue weighted by molar-refractivity contribution is 0.608. The Morgan fingerprint density at radius 3 is 2.61 bits per heavy atom. The van der Waals surface area contributed by atoms with Gasteiger partial charge in [-0.05, 0) is 19.8 Å². The van der Waals surface area contributed by atoms with E-state index in [1.54, 1.807) is 0 Å². The van der Waals surface area contributed by atoms with Crippen LogP contribution in [0.1, 0.15) is 58.6 Å². The van der Waals surface area contributed by atoms with E-state index in [4.69, 9.17) is 5.73 Å². The van der Waals surface area contributed by atoms with Gasteiger partial charge in [-0.3, -0.25) is 4.68 Å². The molecule has 0 radical (unpaired) electrons. The molecule has 1 aromatic rings. The molecule has 0 aliphatic heterocycles. The Morgan fingerprint density at radius 1 is 1.28 bits per heavy atom. The number of aryl methyl sites for hydroxylation is 2. The second-order valence-electron chi connectivity index (χ2n) is 5.12. The van der Waals surface area contributed by atoms with E-state index in [1.165, 1.54) is 25.7 Å². The molecule has 0 saturated carbocycles. The summed E-state index contributed by atoms with van der Waals surface area (Å²) in [5.41, 5.74) is 7.99. The summed E-state index contributed by atoms with van der Waals surface area (Å²) in [6, 6.07) is 0.448. The number of unbranched alkanes of at least 4 members (excludes halogenated alkanes) is 2. The lowest BCUT2D eigenvalue weighted by atomic mass is 10.1. The molecule has 1 heterocycles. The number of anilines is 2. The predicted molar refractivity (Wildman–Crippen MR) is 78.8 cm³/mol. The first-order chi connectivity index (χ1) is 8.60. The number of aromatic nitrogens is 2. The molecule has 3 N–H and O–H groups in total. The van der Waals surface area contributed by atoms with E-state index in [1.807, 2.05) is 11.7 Å². The van der Waals surface area contributed by atoms with Crippen molar-refractivity contribution < 1.29 is 0 Å². The summed E-state index contributed by atoms with van der Waals surface area (Å²) in [5.74, 6) is 0.974. The van der Waals surface area contributed by atoms with E-state index >= 15 is 0 Å². The molecule has 104 valence electrons. The third-order valence-corrected chi connectivity index (χ3v) is 3.27. The number of nitrogens with one attached hydrogen (secondary N) is 1. The second kappa shape index (κ2) is 7.29. The van der Waals surface area contributed by atoms with Gasteiger partial charge in [-0.2, -0.15) is 5.10 Å². The van der Waals surface area contributed by atoms with E-state index in [2.05, 4.69) is 31.2 Å². The monoisotopic (exact) mass is 252 g/mol. The van der Waals surface area contributed by atoms with Crippen LogP contribution < -0.4 is 11.1 Å². The summed E-state index contributed by atoms with van der Waals surface area (Å²) >= 11 is 0. The van der Waals surface area contributed by atoms with Gasteiger partial charge in [-0.1, -0.05) is 39.5 Å². The molecule has 0 aliphatic carbocycles. The number of hydrogen-bond donors (Lipinski definition) is 2.